The van der Waals surface area contributed by atoms with Crippen LogP contribution in [0.5, 0.6) is 0 Å². The van der Waals surface area contributed by atoms with Crippen molar-refractivity contribution in [3.8, 4) is 11.3 Å². The fourth-order valence-corrected chi connectivity index (χ4v) is 5.23. The van der Waals surface area contributed by atoms with Crippen molar-refractivity contribution in [1.29, 1.82) is 0 Å². The zero-order valence-corrected chi connectivity index (χ0v) is 22.7. The van der Waals surface area contributed by atoms with E-state index in [-0.39, 0.29) is 34.7 Å². The lowest BCUT2D eigenvalue weighted by Gasteiger charge is -2.39. The van der Waals surface area contributed by atoms with E-state index in [1.807, 2.05) is 30.2 Å². The minimum Gasteiger partial charge on any atom is -0.336 e. The fraction of sp³-hybridized carbons (Fsp3) is 0.393. The fourth-order valence-electron chi connectivity index (χ4n) is 5.23. The maximum atomic E-state index is 15.0. The topological polar surface area (TPSA) is 92.1 Å². The first-order valence-corrected chi connectivity index (χ1v) is 13.1. The highest BCUT2D eigenvalue weighted by molar-refractivity contribution is 5.94. The van der Waals surface area contributed by atoms with E-state index in [4.69, 9.17) is 0 Å². The van der Waals surface area contributed by atoms with Crippen LogP contribution in [0.3, 0.4) is 0 Å². The first-order valence-electron chi connectivity index (χ1n) is 13.1. The SMILES string of the molecule is CCN1CCN(C(=O)c2ccc(Nc3ncc(F)c(-c4cc(F)c5nc(C)n(C(C)C)c5c4)n3)nc2)C[C@H]1C. The largest absolute Gasteiger partial charge is 0.336 e. The van der Waals surface area contributed by atoms with Gasteiger partial charge in [0, 0.05) is 43.5 Å². The normalized spacial score (nSPS) is 16.3. The highest BCUT2D eigenvalue weighted by Crippen LogP contribution is 2.30. The van der Waals surface area contributed by atoms with Gasteiger partial charge in [0.25, 0.3) is 5.91 Å². The van der Waals surface area contributed by atoms with Gasteiger partial charge in [0.15, 0.2) is 11.6 Å². The summed E-state index contributed by atoms with van der Waals surface area (Å²) in [5.74, 6) is -0.139. The number of halogens is 2. The van der Waals surface area contributed by atoms with Crippen LogP contribution >= 0.6 is 0 Å². The predicted molar refractivity (Wildman–Crippen MR) is 146 cm³/mol. The third-order valence-corrected chi connectivity index (χ3v) is 7.17. The lowest BCUT2D eigenvalue weighted by atomic mass is 10.1. The van der Waals surface area contributed by atoms with E-state index in [9.17, 15) is 13.6 Å². The van der Waals surface area contributed by atoms with Crippen LogP contribution in [0.1, 0.15) is 49.9 Å². The standard InChI is InChI=1S/C28H32F2N8O/c1-6-36-9-10-37(15-17(36)4)27(39)19-7-8-24(31-13-19)34-28-32-14-22(30)25(35-28)20-11-21(29)26-23(12-20)38(16(2)3)18(5)33-26/h7-8,11-14,16-17H,6,9-10,15H2,1-5H3,(H,31,32,34,35)/t17-/m1/s1. The van der Waals surface area contributed by atoms with E-state index in [1.165, 1.54) is 12.3 Å². The number of amides is 1. The minimum atomic E-state index is -0.682. The summed E-state index contributed by atoms with van der Waals surface area (Å²) in [5.41, 5.74) is 1.51. The Morgan fingerprint density at radius 2 is 1.90 bits per heavy atom. The van der Waals surface area contributed by atoms with Gasteiger partial charge in [-0.1, -0.05) is 6.92 Å². The van der Waals surface area contributed by atoms with E-state index in [1.54, 1.807) is 18.2 Å². The molecule has 0 radical (unpaired) electrons. The third kappa shape index (κ3) is 5.18. The molecule has 1 saturated heterocycles. The van der Waals surface area contributed by atoms with E-state index in [0.29, 0.717) is 41.9 Å². The second kappa shape index (κ2) is 10.6. The number of likely N-dealkylation sites (N-methyl/N-ethyl adjacent to an activating group) is 1. The van der Waals surface area contributed by atoms with Gasteiger partial charge in [-0.05, 0) is 58.5 Å². The number of hydrogen-bond donors (Lipinski definition) is 1. The summed E-state index contributed by atoms with van der Waals surface area (Å²) in [6.07, 6.45) is 2.54. The van der Waals surface area contributed by atoms with Crippen molar-refractivity contribution in [1.82, 2.24) is 34.3 Å². The maximum Gasteiger partial charge on any atom is 0.255 e. The van der Waals surface area contributed by atoms with Gasteiger partial charge < -0.3 is 14.8 Å². The molecule has 0 saturated carbocycles. The highest BCUT2D eigenvalue weighted by atomic mass is 19.1. The summed E-state index contributed by atoms with van der Waals surface area (Å²) >= 11 is 0. The van der Waals surface area contributed by atoms with E-state index in [0.717, 1.165) is 19.3 Å². The number of rotatable bonds is 6. The lowest BCUT2D eigenvalue weighted by Crippen LogP contribution is -2.53. The second-order valence-corrected chi connectivity index (χ2v) is 10.1. The van der Waals surface area contributed by atoms with E-state index < -0.39 is 11.6 Å². The van der Waals surface area contributed by atoms with Crippen molar-refractivity contribution in [3.63, 3.8) is 0 Å². The Bertz CT molecular complexity index is 1520. The van der Waals surface area contributed by atoms with Gasteiger partial charge in [-0.25, -0.2) is 28.7 Å². The third-order valence-electron chi connectivity index (χ3n) is 7.17. The van der Waals surface area contributed by atoms with Crippen molar-refractivity contribution < 1.29 is 13.6 Å². The van der Waals surface area contributed by atoms with Crippen LogP contribution in [0.2, 0.25) is 0 Å². The molecule has 9 nitrogen and oxygen atoms in total. The zero-order chi connectivity index (χ0) is 27.8. The molecule has 1 aliphatic rings. The zero-order valence-electron chi connectivity index (χ0n) is 22.7. The highest BCUT2D eigenvalue weighted by Gasteiger charge is 2.26. The number of hydrogen-bond acceptors (Lipinski definition) is 7. The van der Waals surface area contributed by atoms with E-state index >= 15 is 0 Å². The molecule has 1 aromatic carbocycles. The molecular formula is C28H32F2N8O. The summed E-state index contributed by atoms with van der Waals surface area (Å²) in [6.45, 7) is 13.2. The van der Waals surface area contributed by atoms with Crippen molar-refractivity contribution in [2.24, 2.45) is 0 Å². The summed E-state index contributed by atoms with van der Waals surface area (Å²) in [6, 6.07) is 6.61. The Kier molecular flexibility index (Phi) is 7.26. The van der Waals surface area contributed by atoms with Crippen molar-refractivity contribution >= 4 is 28.7 Å². The van der Waals surface area contributed by atoms with Gasteiger partial charge in [-0.3, -0.25) is 9.69 Å². The predicted octanol–water partition coefficient (Wildman–Crippen LogP) is 4.97. The van der Waals surface area contributed by atoms with Gasteiger partial charge in [0.1, 0.15) is 22.9 Å². The molecule has 11 heteroatoms. The summed E-state index contributed by atoms with van der Waals surface area (Å²) in [7, 11) is 0. The van der Waals surface area contributed by atoms with Crippen LogP contribution in [0, 0.1) is 18.6 Å². The number of aryl methyl sites for hydroxylation is 1. The molecule has 0 aliphatic carbocycles. The molecule has 3 aromatic heterocycles. The minimum absolute atomic E-state index is 0.0439. The van der Waals surface area contributed by atoms with Crippen molar-refractivity contribution in [3.05, 3.63) is 59.7 Å². The molecule has 0 spiro atoms. The molecule has 1 fully saturated rings. The molecular weight excluding hydrogens is 502 g/mol. The number of nitrogens with one attached hydrogen (secondary N) is 1. The smallest absolute Gasteiger partial charge is 0.255 e. The Morgan fingerprint density at radius 3 is 2.56 bits per heavy atom. The molecule has 204 valence electrons. The van der Waals surface area contributed by atoms with Gasteiger partial charge >= 0.3 is 0 Å². The Labute approximate surface area is 225 Å². The van der Waals surface area contributed by atoms with Crippen LogP contribution in [0.15, 0.2) is 36.7 Å². The number of aromatic nitrogens is 5. The number of carbonyl (C=O) groups is 1. The molecule has 1 atom stereocenters. The van der Waals surface area contributed by atoms with E-state index in [2.05, 4.69) is 44.0 Å². The molecule has 4 aromatic rings. The Hall–Kier alpha value is -3.99. The molecule has 1 aliphatic heterocycles. The van der Waals surface area contributed by atoms with Crippen LogP contribution in [-0.2, 0) is 0 Å². The number of anilines is 2. The molecule has 1 N–H and O–H groups in total. The Morgan fingerprint density at radius 1 is 1.10 bits per heavy atom. The number of benzene rings is 1. The monoisotopic (exact) mass is 534 g/mol. The quantitative estimate of drug-likeness (QED) is 0.374. The van der Waals surface area contributed by atoms with Crippen LogP contribution in [0.25, 0.3) is 22.3 Å². The molecule has 4 heterocycles. The molecule has 0 unspecified atom stereocenters. The van der Waals surface area contributed by atoms with Crippen LogP contribution < -0.4 is 5.32 Å². The average molecular weight is 535 g/mol. The second-order valence-electron chi connectivity index (χ2n) is 10.1. The summed E-state index contributed by atoms with van der Waals surface area (Å²) in [5, 5.41) is 2.95. The van der Waals surface area contributed by atoms with Gasteiger partial charge in [-0.2, -0.15) is 0 Å². The Balaban J connectivity index is 1.37. The van der Waals surface area contributed by atoms with Gasteiger partial charge in [0.05, 0.1) is 17.3 Å². The van der Waals surface area contributed by atoms with Gasteiger partial charge in [-0.15, -0.1) is 0 Å². The summed E-state index contributed by atoms with van der Waals surface area (Å²) < 4.78 is 31.7. The van der Waals surface area contributed by atoms with Crippen molar-refractivity contribution in [2.45, 2.75) is 46.7 Å². The average Bonchev–Trinajstić information content (AvgIpc) is 3.26. The molecule has 0 bridgehead atoms. The summed E-state index contributed by atoms with van der Waals surface area (Å²) in [4.78, 5) is 34.2. The van der Waals surface area contributed by atoms with Crippen LogP contribution in [0.4, 0.5) is 20.5 Å². The number of pyridine rings is 1. The molecule has 1 amide bonds. The van der Waals surface area contributed by atoms with Crippen molar-refractivity contribution in [2.75, 3.05) is 31.5 Å². The number of fused-ring (bicyclic) bond motifs is 1. The number of nitrogens with zero attached hydrogens (tertiary/aromatic N) is 7. The first kappa shape index (κ1) is 26.6. The lowest BCUT2D eigenvalue weighted by molar-refractivity contribution is 0.0528. The molecule has 5 rings (SSSR count). The van der Waals surface area contributed by atoms with Gasteiger partial charge in [0.2, 0.25) is 5.95 Å². The maximum absolute atomic E-state index is 15.0. The number of carbonyl (C=O) groups excluding carboxylic acids is 1. The first-order chi connectivity index (χ1) is 18.7. The number of imidazole rings is 1. The number of piperazine rings is 1. The van der Waals surface area contributed by atoms with Crippen LogP contribution in [-0.4, -0.2) is 72.4 Å². The molecule has 39 heavy (non-hydrogen) atoms.